The predicted molar refractivity (Wildman–Crippen MR) is 101 cm³/mol. The summed E-state index contributed by atoms with van der Waals surface area (Å²) in [4.78, 5) is 15.4. The molecule has 0 fully saturated rings. The molecule has 0 saturated heterocycles. The molecule has 0 saturated carbocycles. The molecule has 2 N–H and O–H groups in total. The van der Waals surface area contributed by atoms with E-state index in [0.717, 1.165) is 11.6 Å². The van der Waals surface area contributed by atoms with Gasteiger partial charge in [0.05, 0.1) is 19.1 Å². The van der Waals surface area contributed by atoms with Crippen LogP contribution in [0.25, 0.3) is 6.08 Å². The second kappa shape index (κ2) is 7.87. The van der Waals surface area contributed by atoms with Gasteiger partial charge in [-0.3, -0.25) is 10.0 Å². The van der Waals surface area contributed by atoms with Crippen LogP contribution in [0.2, 0.25) is 0 Å². The fraction of sp³-hybridized carbons (Fsp3) is 0.222. The lowest BCUT2D eigenvalue weighted by atomic mass is 10.1. The molecule has 1 aliphatic heterocycles. The van der Waals surface area contributed by atoms with E-state index in [2.05, 4.69) is 4.98 Å². The molecule has 1 aromatic heterocycles. The normalized spacial score (nSPS) is 13.5. The number of nitrogens with zero attached hydrogens (tertiary/aromatic N) is 2. The molecule has 1 aromatic carbocycles. The topological polar surface area (TPSA) is 118 Å². The third kappa shape index (κ3) is 3.64. The number of anilines is 1. The molecule has 148 valence electrons. The average Bonchev–Trinajstić information content (AvgIpc) is 3.15. The number of ether oxygens (including phenoxy) is 2. The molecule has 1 amide bonds. The molecule has 10 heteroatoms. The van der Waals surface area contributed by atoms with Gasteiger partial charge in [-0.05, 0) is 41.8 Å². The first-order valence-corrected chi connectivity index (χ1v) is 9.70. The monoisotopic (exact) mass is 405 g/mol. The van der Waals surface area contributed by atoms with Gasteiger partial charge in [0.25, 0.3) is 15.9 Å². The highest BCUT2D eigenvalue weighted by Crippen LogP contribution is 2.35. The highest BCUT2D eigenvalue weighted by molar-refractivity contribution is 7.92. The van der Waals surface area contributed by atoms with E-state index >= 15 is 0 Å². The summed E-state index contributed by atoms with van der Waals surface area (Å²) in [5, 5.41) is 8.51. The molecular formula is C18H19N3O6S. The molecule has 0 unspecified atom stereocenters. The van der Waals surface area contributed by atoms with Crippen molar-refractivity contribution in [3.05, 3.63) is 47.7 Å². The van der Waals surface area contributed by atoms with Gasteiger partial charge in [-0.1, -0.05) is 0 Å². The van der Waals surface area contributed by atoms with E-state index in [9.17, 15) is 13.2 Å². The van der Waals surface area contributed by atoms with E-state index in [1.807, 2.05) is 0 Å². The number of carbonyl (C=O) groups excluding carboxylic acids is 1. The molecule has 3 rings (SSSR count). The van der Waals surface area contributed by atoms with Gasteiger partial charge >= 0.3 is 0 Å². The number of methoxy groups -OCH3 is 2. The summed E-state index contributed by atoms with van der Waals surface area (Å²) in [5.41, 5.74) is 2.86. The van der Waals surface area contributed by atoms with E-state index in [1.165, 1.54) is 54.5 Å². The van der Waals surface area contributed by atoms with Crippen LogP contribution < -0.4 is 19.3 Å². The van der Waals surface area contributed by atoms with Crippen molar-refractivity contribution in [3.63, 3.8) is 0 Å². The molecule has 0 radical (unpaired) electrons. The summed E-state index contributed by atoms with van der Waals surface area (Å²) in [6.07, 6.45) is 4.58. The molecule has 9 nitrogen and oxygen atoms in total. The van der Waals surface area contributed by atoms with E-state index in [0.29, 0.717) is 29.3 Å². The van der Waals surface area contributed by atoms with Crippen molar-refractivity contribution in [1.29, 1.82) is 0 Å². The van der Waals surface area contributed by atoms with Gasteiger partial charge in [-0.2, -0.15) is 0 Å². The number of aromatic nitrogens is 1. The molecule has 28 heavy (non-hydrogen) atoms. The smallest absolute Gasteiger partial charge is 0.267 e. The number of benzene rings is 1. The number of amides is 1. The van der Waals surface area contributed by atoms with Crippen molar-refractivity contribution in [1.82, 2.24) is 10.5 Å². The maximum Gasteiger partial charge on any atom is 0.267 e. The number of hydrogen-bond acceptors (Lipinski definition) is 7. The minimum atomic E-state index is -3.83. The van der Waals surface area contributed by atoms with Crippen molar-refractivity contribution in [2.45, 2.75) is 11.3 Å². The van der Waals surface area contributed by atoms with Gasteiger partial charge < -0.3 is 9.47 Å². The number of rotatable bonds is 6. The quantitative estimate of drug-likeness (QED) is 0.423. The summed E-state index contributed by atoms with van der Waals surface area (Å²) < 4.78 is 37.8. The Hall–Kier alpha value is -3.11. The second-order valence-electron chi connectivity index (χ2n) is 5.90. The van der Waals surface area contributed by atoms with Crippen LogP contribution in [0, 0.1) is 0 Å². The van der Waals surface area contributed by atoms with Crippen molar-refractivity contribution in [2.24, 2.45) is 0 Å². The van der Waals surface area contributed by atoms with E-state index in [1.54, 1.807) is 6.07 Å². The molecule has 0 aliphatic carbocycles. The second-order valence-corrected chi connectivity index (χ2v) is 7.77. The van der Waals surface area contributed by atoms with Crippen LogP contribution in [0.15, 0.2) is 41.4 Å². The molecule has 2 aromatic rings. The third-order valence-corrected chi connectivity index (χ3v) is 6.05. The first-order valence-electron chi connectivity index (χ1n) is 8.26. The number of hydrogen-bond donors (Lipinski definition) is 2. The highest BCUT2D eigenvalue weighted by Gasteiger charge is 2.32. The Balaban J connectivity index is 1.93. The van der Waals surface area contributed by atoms with Gasteiger partial charge in [0.1, 0.15) is 5.82 Å². The van der Waals surface area contributed by atoms with E-state index in [-0.39, 0.29) is 11.4 Å². The lowest BCUT2D eigenvalue weighted by Gasteiger charge is -2.19. The van der Waals surface area contributed by atoms with Gasteiger partial charge in [0.15, 0.2) is 11.5 Å². The Morgan fingerprint density at radius 2 is 2.00 bits per heavy atom. The number of carbonyl (C=O) groups is 1. The van der Waals surface area contributed by atoms with Crippen LogP contribution in [0.5, 0.6) is 11.5 Å². The Kier molecular flexibility index (Phi) is 5.52. The van der Waals surface area contributed by atoms with Crippen molar-refractivity contribution < 1.29 is 27.9 Å². The Labute approximate surface area is 162 Å². The largest absolute Gasteiger partial charge is 0.493 e. The zero-order valence-electron chi connectivity index (χ0n) is 15.2. The van der Waals surface area contributed by atoms with Crippen LogP contribution in [0.3, 0.4) is 0 Å². The number of hydroxylamine groups is 1. The summed E-state index contributed by atoms with van der Waals surface area (Å²) in [5.74, 6) is 0.431. The molecule has 1 aliphatic rings. The Morgan fingerprint density at radius 3 is 2.68 bits per heavy atom. The first kappa shape index (κ1) is 19.6. The minimum Gasteiger partial charge on any atom is -0.493 e. The number of pyridine rings is 1. The number of sulfonamides is 1. The summed E-state index contributed by atoms with van der Waals surface area (Å²) in [6, 6.07) is 6.17. The van der Waals surface area contributed by atoms with Crippen LogP contribution in [0.1, 0.15) is 11.1 Å². The Morgan fingerprint density at radius 1 is 1.25 bits per heavy atom. The third-order valence-electron chi connectivity index (χ3n) is 4.26. The zero-order valence-corrected chi connectivity index (χ0v) is 16.1. The molecule has 2 heterocycles. The van der Waals surface area contributed by atoms with Crippen LogP contribution in [0.4, 0.5) is 5.82 Å². The molecule has 0 spiro atoms. The maximum absolute atomic E-state index is 13.1. The standard InChI is InChI=1S/C18H19N3O6S/c1-26-15-5-4-14(10-16(15)27-2)28(24,25)21-8-7-13-9-12(11-19-18(13)21)3-6-17(22)20-23/h3-6,9-11,23H,7-8H2,1-2H3,(H,20,22)/b6-3+. The number of fused-ring (bicyclic) bond motifs is 1. The fourth-order valence-electron chi connectivity index (χ4n) is 2.90. The first-order chi connectivity index (χ1) is 13.4. The van der Waals surface area contributed by atoms with Crippen LogP contribution in [-0.4, -0.2) is 45.3 Å². The van der Waals surface area contributed by atoms with E-state index < -0.39 is 15.9 Å². The van der Waals surface area contributed by atoms with Crippen molar-refractivity contribution >= 4 is 27.8 Å². The average molecular weight is 405 g/mol. The SMILES string of the molecule is COc1ccc(S(=O)(=O)N2CCc3cc(/C=C/C(=O)NO)cnc32)cc1OC. The molecular weight excluding hydrogens is 386 g/mol. The summed E-state index contributed by atoms with van der Waals surface area (Å²) in [7, 11) is -0.919. The van der Waals surface area contributed by atoms with Gasteiger partial charge in [-0.25, -0.2) is 23.2 Å². The minimum absolute atomic E-state index is 0.0726. The van der Waals surface area contributed by atoms with Crippen molar-refractivity contribution in [3.8, 4) is 11.5 Å². The van der Waals surface area contributed by atoms with Gasteiger partial charge in [0, 0.05) is 24.9 Å². The highest BCUT2D eigenvalue weighted by atomic mass is 32.2. The molecule has 0 atom stereocenters. The van der Waals surface area contributed by atoms with Crippen LogP contribution >= 0.6 is 0 Å². The fourth-order valence-corrected chi connectivity index (χ4v) is 4.37. The van der Waals surface area contributed by atoms with Crippen molar-refractivity contribution in [2.75, 3.05) is 25.1 Å². The maximum atomic E-state index is 13.1. The number of nitrogens with one attached hydrogen (secondary N) is 1. The van der Waals surface area contributed by atoms with E-state index in [4.69, 9.17) is 14.7 Å². The molecule has 0 bridgehead atoms. The lowest BCUT2D eigenvalue weighted by Crippen LogP contribution is -2.29. The Bertz CT molecular complexity index is 1040. The van der Waals surface area contributed by atoms with Gasteiger partial charge in [0.2, 0.25) is 0 Å². The summed E-state index contributed by atoms with van der Waals surface area (Å²) in [6.45, 7) is 0.253. The van der Waals surface area contributed by atoms with Gasteiger partial charge in [-0.15, -0.1) is 0 Å². The zero-order chi connectivity index (χ0) is 20.3. The predicted octanol–water partition coefficient (Wildman–Crippen LogP) is 1.37. The lowest BCUT2D eigenvalue weighted by molar-refractivity contribution is -0.124. The summed E-state index contributed by atoms with van der Waals surface area (Å²) >= 11 is 0. The van der Waals surface area contributed by atoms with Crippen LogP contribution in [-0.2, 0) is 21.2 Å².